The van der Waals surface area contributed by atoms with Gasteiger partial charge in [0.05, 0.1) is 12.8 Å². The highest BCUT2D eigenvalue weighted by Crippen LogP contribution is 2.26. The molecule has 0 aromatic heterocycles. The van der Waals surface area contributed by atoms with Gasteiger partial charge in [-0.1, -0.05) is 30.3 Å². The molecular formula is C21H22ClNO4. The summed E-state index contributed by atoms with van der Waals surface area (Å²) in [5.74, 6) is 0.0671. The third-order valence-electron chi connectivity index (χ3n) is 3.56. The summed E-state index contributed by atoms with van der Waals surface area (Å²) in [5, 5.41) is 0.490. The van der Waals surface area contributed by atoms with Gasteiger partial charge in [0.2, 0.25) is 0 Å². The van der Waals surface area contributed by atoms with Crippen molar-refractivity contribution in [3.8, 4) is 5.75 Å². The Morgan fingerprint density at radius 1 is 1.00 bits per heavy atom. The molecule has 0 N–H and O–H groups in total. The smallest absolute Gasteiger partial charge is 0.422 e. The Balaban J connectivity index is 2.38. The zero-order valence-electron chi connectivity index (χ0n) is 15.8. The van der Waals surface area contributed by atoms with E-state index in [9.17, 15) is 9.59 Å². The summed E-state index contributed by atoms with van der Waals surface area (Å²) in [6, 6.07) is 13.2. The minimum absolute atomic E-state index is 0.151. The Labute approximate surface area is 164 Å². The summed E-state index contributed by atoms with van der Waals surface area (Å²) in [6.45, 7) is 9.05. The topological polar surface area (TPSA) is 55.8 Å². The standard InChI is InChI=1S/C21H22ClNO4/c1-14(15-6-12-18(26-5)13-7-15)19(24)23(20(25)27-21(2,3)4)17-10-8-16(22)9-11-17/h6-13H,1H2,2-5H3. The number of imide groups is 1. The van der Waals surface area contributed by atoms with E-state index in [1.54, 1.807) is 76.4 Å². The lowest BCUT2D eigenvalue weighted by Gasteiger charge is -2.26. The Hall–Kier alpha value is -2.79. The normalized spacial score (nSPS) is 10.9. The monoisotopic (exact) mass is 387 g/mol. The fraction of sp³-hybridized carbons (Fsp3) is 0.238. The van der Waals surface area contributed by atoms with Gasteiger partial charge in [0.25, 0.3) is 5.91 Å². The van der Waals surface area contributed by atoms with E-state index in [-0.39, 0.29) is 5.57 Å². The maximum atomic E-state index is 13.1. The molecule has 0 radical (unpaired) electrons. The molecular weight excluding hydrogens is 366 g/mol. The van der Waals surface area contributed by atoms with Crippen LogP contribution in [0.3, 0.4) is 0 Å². The second kappa shape index (κ2) is 8.27. The second-order valence-electron chi connectivity index (χ2n) is 6.80. The largest absolute Gasteiger partial charge is 0.497 e. The molecule has 142 valence electrons. The van der Waals surface area contributed by atoms with Crippen LogP contribution in [-0.4, -0.2) is 24.7 Å². The first-order chi connectivity index (χ1) is 12.6. The Bertz CT molecular complexity index is 836. The Kier molecular flexibility index (Phi) is 6.28. The van der Waals surface area contributed by atoms with Gasteiger partial charge in [-0.3, -0.25) is 4.79 Å². The van der Waals surface area contributed by atoms with E-state index in [1.807, 2.05) is 0 Å². The molecule has 0 unspecified atom stereocenters. The van der Waals surface area contributed by atoms with Crippen molar-refractivity contribution in [2.75, 3.05) is 12.0 Å². The van der Waals surface area contributed by atoms with Gasteiger partial charge in [-0.2, -0.15) is 0 Å². The van der Waals surface area contributed by atoms with Crippen LogP contribution in [0.25, 0.3) is 5.57 Å². The summed E-state index contributed by atoms with van der Waals surface area (Å²) >= 11 is 5.92. The molecule has 0 aliphatic carbocycles. The molecule has 0 saturated heterocycles. The van der Waals surface area contributed by atoms with Crippen molar-refractivity contribution in [1.29, 1.82) is 0 Å². The number of nitrogens with zero attached hydrogens (tertiary/aromatic N) is 1. The highest BCUT2D eigenvalue weighted by molar-refractivity contribution is 6.33. The van der Waals surface area contributed by atoms with Crippen LogP contribution in [-0.2, 0) is 9.53 Å². The molecule has 0 fully saturated rings. The molecule has 2 amide bonds. The van der Waals surface area contributed by atoms with Gasteiger partial charge in [0.1, 0.15) is 11.4 Å². The molecule has 5 nitrogen and oxygen atoms in total. The maximum Gasteiger partial charge on any atom is 0.422 e. The third kappa shape index (κ3) is 5.34. The van der Waals surface area contributed by atoms with E-state index in [2.05, 4.69) is 6.58 Å². The van der Waals surface area contributed by atoms with Gasteiger partial charge in [-0.15, -0.1) is 0 Å². The highest BCUT2D eigenvalue weighted by atomic mass is 35.5. The summed E-state index contributed by atoms with van der Waals surface area (Å²) < 4.78 is 10.5. The lowest BCUT2D eigenvalue weighted by molar-refractivity contribution is -0.113. The number of halogens is 1. The first-order valence-electron chi connectivity index (χ1n) is 8.28. The second-order valence-corrected chi connectivity index (χ2v) is 7.24. The van der Waals surface area contributed by atoms with Crippen LogP contribution in [0.2, 0.25) is 5.02 Å². The number of benzene rings is 2. The van der Waals surface area contributed by atoms with E-state index in [0.29, 0.717) is 22.0 Å². The first-order valence-corrected chi connectivity index (χ1v) is 8.66. The average Bonchev–Trinajstić information content (AvgIpc) is 2.61. The molecule has 0 aliphatic rings. The van der Waals surface area contributed by atoms with Crippen LogP contribution >= 0.6 is 11.6 Å². The summed E-state index contributed by atoms with van der Waals surface area (Å²) in [7, 11) is 1.56. The van der Waals surface area contributed by atoms with Crippen molar-refractivity contribution in [3.63, 3.8) is 0 Å². The van der Waals surface area contributed by atoms with Gasteiger partial charge < -0.3 is 9.47 Å². The number of amides is 2. The van der Waals surface area contributed by atoms with E-state index >= 15 is 0 Å². The molecule has 2 aromatic rings. The number of carbonyl (C=O) groups is 2. The number of hydrogen-bond donors (Lipinski definition) is 0. The Morgan fingerprint density at radius 2 is 1.56 bits per heavy atom. The number of rotatable bonds is 4. The predicted octanol–water partition coefficient (Wildman–Crippen LogP) is 5.33. The van der Waals surface area contributed by atoms with Crippen molar-refractivity contribution in [3.05, 3.63) is 65.7 Å². The van der Waals surface area contributed by atoms with Gasteiger partial charge in [0.15, 0.2) is 0 Å². The van der Waals surface area contributed by atoms with E-state index in [4.69, 9.17) is 21.1 Å². The molecule has 0 saturated carbocycles. The average molecular weight is 388 g/mol. The van der Waals surface area contributed by atoms with Crippen molar-refractivity contribution in [2.24, 2.45) is 0 Å². The molecule has 0 bridgehead atoms. The summed E-state index contributed by atoms with van der Waals surface area (Å²) in [5.41, 5.74) is 0.304. The van der Waals surface area contributed by atoms with Crippen LogP contribution in [0.1, 0.15) is 26.3 Å². The molecule has 0 heterocycles. The quantitative estimate of drug-likeness (QED) is 0.665. The molecule has 6 heteroatoms. The zero-order valence-corrected chi connectivity index (χ0v) is 16.5. The molecule has 0 spiro atoms. The van der Waals surface area contributed by atoms with Gasteiger partial charge >= 0.3 is 6.09 Å². The zero-order chi connectivity index (χ0) is 20.2. The number of carbonyl (C=O) groups excluding carboxylic acids is 2. The van der Waals surface area contributed by atoms with Crippen molar-refractivity contribution >= 4 is 34.9 Å². The molecule has 27 heavy (non-hydrogen) atoms. The maximum absolute atomic E-state index is 13.1. The highest BCUT2D eigenvalue weighted by Gasteiger charge is 2.30. The van der Waals surface area contributed by atoms with E-state index < -0.39 is 17.6 Å². The van der Waals surface area contributed by atoms with E-state index in [1.165, 1.54) is 0 Å². The molecule has 0 atom stereocenters. The van der Waals surface area contributed by atoms with Crippen molar-refractivity contribution < 1.29 is 19.1 Å². The fourth-order valence-electron chi connectivity index (χ4n) is 2.25. The number of ether oxygens (including phenoxy) is 2. The van der Waals surface area contributed by atoms with Gasteiger partial charge in [-0.25, -0.2) is 9.69 Å². The fourth-order valence-corrected chi connectivity index (χ4v) is 2.38. The van der Waals surface area contributed by atoms with E-state index in [0.717, 1.165) is 4.90 Å². The van der Waals surface area contributed by atoms with Crippen LogP contribution in [0.15, 0.2) is 55.1 Å². The summed E-state index contributed by atoms with van der Waals surface area (Å²) in [4.78, 5) is 26.7. The van der Waals surface area contributed by atoms with Crippen LogP contribution in [0, 0.1) is 0 Å². The lowest BCUT2D eigenvalue weighted by Crippen LogP contribution is -2.41. The van der Waals surface area contributed by atoms with Crippen molar-refractivity contribution in [1.82, 2.24) is 0 Å². The molecule has 2 rings (SSSR count). The predicted molar refractivity (Wildman–Crippen MR) is 107 cm³/mol. The first kappa shape index (κ1) is 20.5. The number of anilines is 1. The number of hydrogen-bond acceptors (Lipinski definition) is 4. The lowest BCUT2D eigenvalue weighted by atomic mass is 10.1. The van der Waals surface area contributed by atoms with Gasteiger partial charge in [-0.05, 0) is 62.7 Å². The third-order valence-corrected chi connectivity index (χ3v) is 3.81. The number of methoxy groups -OCH3 is 1. The SMILES string of the molecule is C=C(C(=O)N(C(=O)OC(C)(C)C)c1ccc(Cl)cc1)c1ccc(OC)cc1. The molecule has 0 aliphatic heterocycles. The molecule has 2 aromatic carbocycles. The van der Waals surface area contributed by atoms with Gasteiger partial charge in [0, 0.05) is 10.6 Å². The van der Waals surface area contributed by atoms with Crippen LogP contribution < -0.4 is 9.64 Å². The summed E-state index contributed by atoms with van der Waals surface area (Å²) in [6.07, 6.45) is -0.788. The minimum atomic E-state index is -0.788. The van der Waals surface area contributed by atoms with Crippen molar-refractivity contribution in [2.45, 2.75) is 26.4 Å². The van der Waals surface area contributed by atoms with Crippen LogP contribution in [0.4, 0.5) is 10.5 Å². The minimum Gasteiger partial charge on any atom is -0.497 e. The van der Waals surface area contributed by atoms with Crippen LogP contribution in [0.5, 0.6) is 5.75 Å². The Morgan fingerprint density at radius 3 is 2.04 bits per heavy atom.